The van der Waals surface area contributed by atoms with Crippen molar-refractivity contribution in [3.8, 4) is 0 Å². The van der Waals surface area contributed by atoms with E-state index in [9.17, 15) is 5.11 Å². The maximum atomic E-state index is 10.9. The van der Waals surface area contributed by atoms with Gasteiger partial charge >= 0.3 is 0 Å². The summed E-state index contributed by atoms with van der Waals surface area (Å²) in [5.41, 5.74) is 9.35. The summed E-state index contributed by atoms with van der Waals surface area (Å²) in [5.74, 6) is 0. The molecule has 1 aliphatic rings. The number of fused-ring (bicyclic) bond motifs is 1. The highest BCUT2D eigenvalue weighted by atomic mass is 32.1. The summed E-state index contributed by atoms with van der Waals surface area (Å²) in [4.78, 5) is 0. The molecule has 1 aromatic heterocycles. The van der Waals surface area contributed by atoms with Gasteiger partial charge in [-0.15, -0.1) is 0 Å². The summed E-state index contributed by atoms with van der Waals surface area (Å²) >= 11 is 1.62. The van der Waals surface area contributed by atoms with Crippen LogP contribution in [0.3, 0.4) is 0 Å². The molecule has 0 bridgehead atoms. The van der Waals surface area contributed by atoms with Gasteiger partial charge in [0.2, 0.25) is 0 Å². The Morgan fingerprint density at radius 2 is 2.16 bits per heavy atom. The Kier molecular flexibility index (Phi) is 3.44. The Hall–Kier alpha value is -1.16. The summed E-state index contributed by atoms with van der Waals surface area (Å²) in [5, 5.41) is 14.9. The fourth-order valence-corrected chi connectivity index (χ4v) is 3.99. The van der Waals surface area contributed by atoms with E-state index in [1.54, 1.807) is 11.3 Å². The number of aryl methyl sites for hydroxylation is 1. The van der Waals surface area contributed by atoms with Crippen molar-refractivity contribution < 1.29 is 5.11 Å². The number of hydrogen-bond donors (Lipinski definition) is 2. The van der Waals surface area contributed by atoms with Crippen molar-refractivity contribution in [3.05, 3.63) is 57.8 Å². The minimum absolute atomic E-state index is 0.323. The second-order valence-electron chi connectivity index (χ2n) is 5.33. The van der Waals surface area contributed by atoms with Crippen LogP contribution in [-0.4, -0.2) is 11.7 Å². The first-order chi connectivity index (χ1) is 9.28. The fourth-order valence-electron chi connectivity index (χ4n) is 3.31. The van der Waals surface area contributed by atoms with Gasteiger partial charge < -0.3 is 10.8 Å². The second kappa shape index (κ2) is 5.08. The minimum Gasteiger partial charge on any atom is -0.387 e. The van der Waals surface area contributed by atoms with E-state index in [4.69, 9.17) is 5.73 Å². The van der Waals surface area contributed by atoms with E-state index in [2.05, 4.69) is 24.3 Å². The van der Waals surface area contributed by atoms with Gasteiger partial charge in [0.1, 0.15) is 0 Å². The normalized spacial score (nSPS) is 23.9. The third-order valence-corrected chi connectivity index (χ3v) is 5.07. The largest absolute Gasteiger partial charge is 0.387 e. The monoisotopic (exact) mass is 273 g/mol. The molecule has 0 amide bonds. The SMILES string of the molecule is NCC1(C(O)c2ccsc2)CCCc2ccccc21. The van der Waals surface area contributed by atoms with E-state index < -0.39 is 6.10 Å². The van der Waals surface area contributed by atoms with Crippen LogP contribution in [0, 0.1) is 0 Å². The molecular weight excluding hydrogens is 254 g/mol. The first-order valence-corrected chi connectivity index (χ1v) is 7.71. The molecule has 19 heavy (non-hydrogen) atoms. The molecule has 0 spiro atoms. The van der Waals surface area contributed by atoms with Crippen LogP contribution in [0.4, 0.5) is 0 Å². The Morgan fingerprint density at radius 1 is 1.32 bits per heavy atom. The standard InChI is InChI=1S/C16H19NOS/c17-11-16(15(18)13-7-9-19-10-13)8-3-5-12-4-1-2-6-14(12)16/h1-2,4,6-7,9-10,15,18H,3,5,8,11,17H2. The molecule has 3 heteroatoms. The summed E-state index contributed by atoms with van der Waals surface area (Å²) in [7, 11) is 0. The van der Waals surface area contributed by atoms with Gasteiger partial charge in [0.05, 0.1) is 6.10 Å². The molecule has 2 nitrogen and oxygen atoms in total. The lowest BCUT2D eigenvalue weighted by Gasteiger charge is -2.42. The van der Waals surface area contributed by atoms with Crippen LogP contribution >= 0.6 is 11.3 Å². The summed E-state index contributed by atoms with van der Waals surface area (Å²) in [6.45, 7) is 0.487. The number of benzene rings is 1. The number of hydrogen-bond acceptors (Lipinski definition) is 3. The molecule has 100 valence electrons. The van der Waals surface area contributed by atoms with E-state index >= 15 is 0 Å². The van der Waals surface area contributed by atoms with Gasteiger partial charge in [0, 0.05) is 12.0 Å². The van der Waals surface area contributed by atoms with Crippen LogP contribution in [0.15, 0.2) is 41.1 Å². The number of rotatable bonds is 3. The third-order valence-electron chi connectivity index (χ3n) is 4.37. The molecule has 3 rings (SSSR count). The van der Waals surface area contributed by atoms with Crippen LogP contribution in [0.5, 0.6) is 0 Å². The quantitative estimate of drug-likeness (QED) is 0.903. The van der Waals surface area contributed by atoms with Crippen LogP contribution in [0.1, 0.15) is 35.6 Å². The topological polar surface area (TPSA) is 46.2 Å². The van der Waals surface area contributed by atoms with E-state index in [-0.39, 0.29) is 5.41 Å². The second-order valence-corrected chi connectivity index (χ2v) is 6.11. The molecule has 0 radical (unpaired) electrons. The highest BCUT2D eigenvalue weighted by molar-refractivity contribution is 7.07. The van der Waals surface area contributed by atoms with Gasteiger partial charge in [0.25, 0.3) is 0 Å². The van der Waals surface area contributed by atoms with Crippen molar-refractivity contribution in [2.45, 2.75) is 30.8 Å². The van der Waals surface area contributed by atoms with Gasteiger partial charge in [-0.2, -0.15) is 11.3 Å². The number of nitrogens with two attached hydrogens (primary N) is 1. The van der Waals surface area contributed by atoms with Gasteiger partial charge in [-0.1, -0.05) is 24.3 Å². The lowest BCUT2D eigenvalue weighted by Crippen LogP contribution is -2.43. The number of thiophene rings is 1. The van der Waals surface area contributed by atoms with E-state index in [1.807, 2.05) is 16.8 Å². The van der Waals surface area contributed by atoms with Crippen LogP contribution in [0.25, 0.3) is 0 Å². The zero-order valence-corrected chi connectivity index (χ0v) is 11.7. The molecule has 0 saturated carbocycles. The van der Waals surface area contributed by atoms with Crippen LogP contribution in [-0.2, 0) is 11.8 Å². The van der Waals surface area contributed by atoms with Crippen molar-refractivity contribution >= 4 is 11.3 Å². The van der Waals surface area contributed by atoms with Gasteiger partial charge in [-0.25, -0.2) is 0 Å². The Labute approximate surface area is 117 Å². The molecule has 0 aliphatic heterocycles. The van der Waals surface area contributed by atoms with Gasteiger partial charge in [-0.3, -0.25) is 0 Å². The van der Waals surface area contributed by atoms with Crippen LogP contribution < -0.4 is 5.73 Å². The molecule has 2 unspecified atom stereocenters. The highest BCUT2D eigenvalue weighted by Crippen LogP contribution is 2.45. The molecule has 0 saturated heterocycles. The first-order valence-electron chi connectivity index (χ1n) is 6.76. The lowest BCUT2D eigenvalue weighted by molar-refractivity contribution is 0.0722. The van der Waals surface area contributed by atoms with Gasteiger partial charge in [0.15, 0.2) is 0 Å². The predicted octanol–water partition coefficient (Wildman–Crippen LogP) is 3.01. The molecule has 2 aromatic rings. The zero-order valence-electron chi connectivity index (χ0n) is 10.9. The average Bonchev–Trinajstić information content (AvgIpc) is 3.00. The van der Waals surface area contributed by atoms with Crippen molar-refractivity contribution in [1.29, 1.82) is 0 Å². The molecule has 2 atom stereocenters. The molecule has 3 N–H and O–H groups in total. The first kappa shape index (κ1) is 12.9. The van der Waals surface area contributed by atoms with Gasteiger partial charge in [-0.05, 0) is 52.8 Å². The van der Waals surface area contributed by atoms with E-state index in [1.165, 1.54) is 11.1 Å². The molecule has 1 aliphatic carbocycles. The van der Waals surface area contributed by atoms with Crippen molar-refractivity contribution in [2.75, 3.05) is 6.54 Å². The number of aliphatic hydroxyl groups is 1. The Bertz CT molecular complexity index is 552. The smallest absolute Gasteiger partial charge is 0.0906 e. The molecule has 1 aromatic carbocycles. The maximum absolute atomic E-state index is 10.9. The number of aliphatic hydroxyl groups excluding tert-OH is 1. The van der Waals surface area contributed by atoms with Crippen molar-refractivity contribution in [2.24, 2.45) is 5.73 Å². The fraction of sp³-hybridized carbons (Fsp3) is 0.375. The third kappa shape index (κ3) is 2.02. The lowest BCUT2D eigenvalue weighted by atomic mass is 9.65. The average molecular weight is 273 g/mol. The zero-order chi connectivity index (χ0) is 13.3. The molecule has 1 heterocycles. The van der Waals surface area contributed by atoms with Crippen LogP contribution in [0.2, 0.25) is 0 Å². The summed E-state index contributed by atoms with van der Waals surface area (Å²) < 4.78 is 0. The van der Waals surface area contributed by atoms with E-state index in [0.717, 1.165) is 24.8 Å². The highest BCUT2D eigenvalue weighted by Gasteiger charge is 2.42. The van der Waals surface area contributed by atoms with E-state index in [0.29, 0.717) is 6.54 Å². The predicted molar refractivity (Wildman–Crippen MR) is 79.4 cm³/mol. The van der Waals surface area contributed by atoms with Crippen molar-refractivity contribution in [3.63, 3.8) is 0 Å². The maximum Gasteiger partial charge on any atom is 0.0906 e. The van der Waals surface area contributed by atoms with Crippen molar-refractivity contribution in [1.82, 2.24) is 0 Å². The Morgan fingerprint density at radius 3 is 2.89 bits per heavy atom. The minimum atomic E-state index is -0.509. The summed E-state index contributed by atoms with van der Waals surface area (Å²) in [6.07, 6.45) is 2.63. The Balaban J connectivity index is 2.10. The summed E-state index contributed by atoms with van der Waals surface area (Å²) in [6, 6.07) is 10.4. The molecular formula is C16H19NOS. The molecule has 0 fully saturated rings.